The Kier molecular flexibility index (Phi) is 12.0. The van der Waals surface area contributed by atoms with Crippen LogP contribution in [0.15, 0.2) is 79.4 Å². The van der Waals surface area contributed by atoms with Gasteiger partial charge in [0, 0.05) is 19.3 Å². The van der Waals surface area contributed by atoms with Gasteiger partial charge in [-0.3, -0.25) is 4.79 Å². The summed E-state index contributed by atoms with van der Waals surface area (Å²) in [5.41, 5.74) is 7.17. The third-order valence-corrected chi connectivity index (χ3v) is 5.22. The number of anilines is 1. The summed E-state index contributed by atoms with van der Waals surface area (Å²) in [5, 5.41) is 6.06. The SMILES string of the molecule is C#C.C=Cc1cc(CNC(=O)Cc2ccccc2)ccc1NC.Cc1ccc(C(C)(C)C)cc1. The third kappa shape index (κ3) is 9.79. The summed E-state index contributed by atoms with van der Waals surface area (Å²) in [4.78, 5) is 11.9. The molecule has 178 valence electrons. The van der Waals surface area contributed by atoms with Crippen LogP contribution in [0.1, 0.15) is 48.6 Å². The molecule has 0 saturated carbocycles. The molecule has 3 rings (SSSR count). The van der Waals surface area contributed by atoms with Gasteiger partial charge in [-0.05, 0) is 46.7 Å². The molecule has 0 atom stereocenters. The molecule has 0 aliphatic rings. The zero-order valence-electron chi connectivity index (χ0n) is 21.2. The number of hydrogen-bond acceptors (Lipinski definition) is 2. The Bertz CT molecular complexity index is 1040. The molecule has 3 heteroatoms. The molecule has 0 aromatic heterocycles. The third-order valence-electron chi connectivity index (χ3n) is 5.22. The van der Waals surface area contributed by atoms with Crippen molar-refractivity contribution in [3.63, 3.8) is 0 Å². The van der Waals surface area contributed by atoms with Crippen LogP contribution in [0.4, 0.5) is 5.69 Å². The highest BCUT2D eigenvalue weighted by atomic mass is 16.1. The Labute approximate surface area is 206 Å². The summed E-state index contributed by atoms with van der Waals surface area (Å²) in [7, 11) is 1.88. The van der Waals surface area contributed by atoms with Crippen LogP contribution in [0.5, 0.6) is 0 Å². The molecule has 0 saturated heterocycles. The van der Waals surface area contributed by atoms with Crippen LogP contribution in [-0.4, -0.2) is 13.0 Å². The average molecular weight is 455 g/mol. The number of benzene rings is 3. The lowest BCUT2D eigenvalue weighted by Gasteiger charge is -2.18. The van der Waals surface area contributed by atoms with E-state index in [0.29, 0.717) is 13.0 Å². The molecule has 3 aromatic carbocycles. The van der Waals surface area contributed by atoms with E-state index >= 15 is 0 Å². The van der Waals surface area contributed by atoms with Gasteiger partial charge in [0.1, 0.15) is 0 Å². The van der Waals surface area contributed by atoms with Crippen molar-refractivity contribution >= 4 is 17.7 Å². The number of nitrogens with one attached hydrogen (secondary N) is 2. The maximum absolute atomic E-state index is 11.9. The lowest BCUT2D eigenvalue weighted by molar-refractivity contribution is -0.120. The maximum Gasteiger partial charge on any atom is 0.224 e. The summed E-state index contributed by atoms with van der Waals surface area (Å²) in [6, 6.07) is 24.5. The molecule has 3 aromatic rings. The largest absolute Gasteiger partial charge is 0.388 e. The van der Waals surface area contributed by atoms with Gasteiger partial charge in [0.2, 0.25) is 5.91 Å². The highest BCUT2D eigenvalue weighted by molar-refractivity contribution is 5.78. The fourth-order valence-electron chi connectivity index (χ4n) is 3.22. The summed E-state index contributed by atoms with van der Waals surface area (Å²) in [5.74, 6) is 0.0269. The molecule has 0 bridgehead atoms. The second kappa shape index (κ2) is 14.4. The predicted molar refractivity (Wildman–Crippen MR) is 148 cm³/mol. The number of aryl methyl sites for hydroxylation is 1. The minimum Gasteiger partial charge on any atom is -0.388 e. The van der Waals surface area contributed by atoms with Gasteiger partial charge in [-0.2, -0.15) is 0 Å². The van der Waals surface area contributed by atoms with Crippen LogP contribution in [-0.2, 0) is 23.2 Å². The van der Waals surface area contributed by atoms with Crippen molar-refractivity contribution in [3.05, 3.63) is 107 Å². The van der Waals surface area contributed by atoms with E-state index in [1.165, 1.54) is 11.1 Å². The molecule has 1 amide bonds. The van der Waals surface area contributed by atoms with Crippen molar-refractivity contribution in [3.8, 4) is 12.8 Å². The first kappa shape index (κ1) is 28.3. The summed E-state index contributed by atoms with van der Waals surface area (Å²) >= 11 is 0. The molecule has 0 spiro atoms. The second-order valence-electron chi connectivity index (χ2n) is 8.93. The van der Waals surface area contributed by atoms with Crippen LogP contribution in [0.25, 0.3) is 6.08 Å². The lowest BCUT2D eigenvalue weighted by Crippen LogP contribution is -2.24. The van der Waals surface area contributed by atoms with E-state index in [1.807, 2.05) is 55.6 Å². The van der Waals surface area contributed by atoms with E-state index in [-0.39, 0.29) is 11.3 Å². The molecule has 34 heavy (non-hydrogen) atoms. The smallest absolute Gasteiger partial charge is 0.224 e. The number of rotatable bonds is 6. The number of carbonyl (C=O) groups excluding carboxylic acids is 1. The zero-order valence-corrected chi connectivity index (χ0v) is 21.2. The topological polar surface area (TPSA) is 41.1 Å². The van der Waals surface area contributed by atoms with Crippen molar-refractivity contribution < 1.29 is 4.79 Å². The second-order valence-corrected chi connectivity index (χ2v) is 8.93. The molecule has 0 aliphatic heterocycles. The normalized spacial score (nSPS) is 9.97. The van der Waals surface area contributed by atoms with Gasteiger partial charge < -0.3 is 10.6 Å². The Morgan fingerprint density at radius 2 is 1.56 bits per heavy atom. The maximum atomic E-state index is 11.9. The molecule has 0 fully saturated rings. The molecule has 0 aliphatic carbocycles. The number of carbonyl (C=O) groups is 1. The highest BCUT2D eigenvalue weighted by Gasteiger charge is 2.12. The summed E-state index contributed by atoms with van der Waals surface area (Å²) in [6.45, 7) is 13.1. The van der Waals surface area contributed by atoms with Gasteiger partial charge in [-0.25, -0.2) is 0 Å². The quantitative estimate of drug-likeness (QED) is 0.403. The first-order chi connectivity index (χ1) is 16.2. The lowest BCUT2D eigenvalue weighted by atomic mass is 9.87. The number of hydrogen-bond donors (Lipinski definition) is 2. The molecular weight excluding hydrogens is 416 g/mol. The number of terminal acetylenes is 1. The van der Waals surface area contributed by atoms with E-state index in [0.717, 1.165) is 22.4 Å². The average Bonchev–Trinajstić information content (AvgIpc) is 2.84. The van der Waals surface area contributed by atoms with Gasteiger partial charge in [-0.1, -0.05) is 99.7 Å². The first-order valence-electron chi connectivity index (χ1n) is 11.4. The molecular formula is C31H38N2O. The highest BCUT2D eigenvalue weighted by Crippen LogP contribution is 2.21. The van der Waals surface area contributed by atoms with Gasteiger partial charge in [0.15, 0.2) is 0 Å². The Hall–Kier alpha value is -3.77. The van der Waals surface area contributed by atoms with E-state index in [2.05, 4.69) is 82.0 Å². The van der Waals surface area contributed by atoms with Crippen molar-refractivity contribution in [1.29, 1.82) is 0 Å². The minimum absolute atomic E-state index is 0.0269. The van der Waals surface area contributed by atoms with Crippen molar-refractivity contribution in [2.24, 2.45) is 0 Å². The summed E-state index contributed by atoms with van der Waals surface area (Å²) < 4.78 is 0. The Morgan fingerprint density at radius 3 is 2.09 bits per heavy atom. The monoisotopic (exact) mass is 454 g/mol. The Morgan fingerprint density at radius 1 is 0.941 bits per heavy atom. The van der Waals surface area contributed by atoms with E-state index < -0.39 is 0 Å². The van der Waals surface area contributed by atoms with Crippen LogP contribution in [0.2, 0.25) is 0 Å². The Balaban J connectivity index is 0.000000374. The van der Waals surface area contributed by atoms with Crippen LogP contribution >= 0.6 is 0 Å². The standard InChI is InChI=1S/C18H20N2O.C11H16.C2H2/c1-3-16-11-15(9-10-17(16)19-2)13-20-18(21)12-14-7-5-4-6-8-14;1-9-5-7-10(8-6-9)11(2,3)4;1-2/h3-11,19H,1,12-13H2,2H3,(H,20,21);5-8H,1-4H3;1-2H. The van der Waals surface area contributed by atoms with Crippen LogP contribution in [0.3, 0.4) is 0 Å². The van der Waals surface area contributed by atoms with E-state index in [9.17, 15) is 4.79 Å². The minimum atomic E-state index is 0.0269. The van der Waals surface area contributed by atoms with Crippen molar-refractivity contribution in [2.45, 2.75) is 46.1 Å². The van der Waals surface area contributed by atoms with Crippen molar-refractivity contribution in [2.75, 3.05) is 12.4 Å². The van der Waals surface area contributed by atoms with Crippen molar-refractivity contribution in [1.82, 2.24) is 5.32 Å². The molecule has 0 radical (unpaired) electrons. The zero-order chi connectivity index (χ0) is 25.6. The molecule has 3 nitrogen and oxygen atoms in total. The predicted octanol–water partition coefficient (Wildman–Crippen LogP) is 6.77. The van der Waals surface area contributed by atoms with Crippen LogP contribution < -0.4 is 10.6 Å². The fraction of sp³-hybridized carbons (Fsp3) is 0.258. The van der Waals surface area contributed by atoms with Gasteiger partial charge in [0.05, 0.1) is 6.42 Å². The number of amides is 1. The van der Waals surface area contributed by atoms with Gasteiger partial charge in [0.25, 0.3) is 0 Å². The van der Waals surface area contributed by atoms with Gasteiger partial charge in [-0.15, -0.1) is 12.8 Å². The van der Waals surface area contributed by atoms with Crippen LogP contribution in [0, 0.1) is 19.8 Å². The molecule has 0 heterocycles. The summed E-state index contributed by atoms with van der Waals surface area (Å²) in [6.07, 6.45) is 10.2. The molecule has 2 N–H and O–H groups in total. The molecule has 0 unspecified atom stereocenters. The first-order valence-corrected chi connectivity index (χ1v) is 11.4. The van der Waals surface area contributed by atoms with E-state index in [1.54, 1.807) is 6.08 Å². The fourth-order valence-corrected chi connectivity index (χ4v) is 3.22. The van der Waals surface area contributed by atoms with E-state index in [4.69, 9.17) is 0 Å². The van der Waals surface area contributed by atoms with Gasteiger partial charge >= 0.3 is 0 Å².